The van der Waals surface area contributed by atoms with Crippen molar-refractivity contribution in [3.05, 3.63) is 0 Å². The molecule has 0 spiro atoms. The van der Waals surface area contributed by atoms with Gasteiger partial charge in [-0.15, -0.1) is 0 Å². The monoisotopic (exact) mass is 256 g/mol. The highest BCUT2D eigenvalue weighted by Crippen LogP contribution is 2.26. The van der Waals surface area contributed by atoms with Crippen LogP contribution in [0.25, 0.3) is 0 Å². The van der Waals surface area contributed by atoms with Crippen molar-refractivity contribution >= 4 is 17.6 Å². The molecule has 0 atom stereocenters. The Morgan fingerprint density at radius 1 is 1.56 bits per heavy atom. The Morgan fingerprint density at radius 2 is 2.11 bits per heavy atom. The quantitative estimate of drug-likeness (QED) is 0.268. The minimum atomic E-state index is -1.15. The van der Waals surface area contributed by atoms with E-state index in [1.165, 1.54) is 4.90 Å². The van der Waals surface area contributed by atoms with E-state index in [4.69, 9.17) is 10.9 Å². The number of carbonyl (C=O) groups is 2. The fourth-order valence-electron chi connectivity index (χ4n) is 1.83. The van der Waals surface area contributed by atoms with Crippen LogP contribution in [-0.2, 0) is 9.59 Å². The van der Waals surface area contributed by atoms with Crippen molar-refractivity contribution in [2.24, 2.45) is 16.3 Å². The lowest BCUT2D eigenvalue weighted by molar-refractivity contribution is -0.153. The molecule has 4 N–H and O–H groups in total. The van der Waals surface area contributed by atoms with Gasteiger partial charge in [0, 0.05) is 13.1 Å². The Balaban J connectivity index is 3.07. The maximum absolute atomic E-state index is 12.5. The summed E-state index contributed by atoms with van der Waals surface area (Å²) in [6.45, 7) is 7.27. The van der Waals surface area contributed by atoms with Crippen LogP contribution in [0.2, 0.25) is 0 Å². The van der Waals surface area contributed by atoms with Crippen molar-refractivity contribution < 1.29 is 14.8 Å². The number of nitrogens with two attached hydrogens (primary N) is 1. The maximum Gasteiger partial charge on any atom is 0.245 e. The van der Waals surface area contributed by atoms with Crippen molar-refractivity contribution in [2.45, 2.75) is 33.2 Å². The molecule has 0 radical (unpaired) electrons. The normalized spacial score (nSPS) is 20.6. The minimum absolute atomic E-state index is 0.172. The van der Waals surface area contributed by atoms with Gasteiger partial charge in [0.1, 0.15) is 11.0 Å². The van der Waals surface area contributed by atoms with Crippen LogP contribution in [-0.4, -0.2) is 46.4 Å². The topological polar surface area (TPSA) is 108 Å². The summed E-state index contributed by atoms with van der Waals surface area (Å²) >= 11 is 0. The van der Waals surface area contributed by atoms with E-state index in [1.54, 1.807) is 27.7 Å². The average molecular weight is 256 g/mol. The van der Waals surface area contributed by atoms with Crippen molar-refractivity contribution in [1.82, 2.24) is 10.2 Å². The van der Waals surface area contributed by atoms with Crippen LogP contribution < -0.4 is 11.1 Å². The number of hydrogen-bond donors (Lipinski definition) is 3. The van der Waals surface area contributed by atoms with Crippen molar-refractivity contribution in [3.8, 4) is 0 Å². The summed E-state index contributed by atoms with van der Waals surface area (Å²) in [7, 11) is 0. The SMILES string of the molecule is CC(C)(C(=O)N1CCNC(=O)C1(C)C)C(N)=NO. The number of nitrogens with one attached hydrogen (secondary N) is 1. The molecule has 1 heterocycles. The van der Waals surface area contributed by atoms with Crippen LogP contribution in [0.3, 0.4) is 0 Å². The lowest BCUT2D eigenvalue weighted by Gasteiger charge is -2.44. The van der Waals surface area contributed by atoms with Gasteiger partial charge in [-0.1, -0.05) is 5.16 Å². The first-order valence-corrected chi connectivity index (χ1v) is 5.74. The number of amides is 2. The second kappa shape index (κ2) is 4.47. The summed E-state index contributed by atoms with van der Waals surface area (Å²) in [5, 5.41) is 14.3. The van der Waals surface area contributed by atoms with Crippen LogP contribution >= 0.6 is 0 Å². The molecule has 0 unspecified atom stereocenters. The number of rotatable bonds is 2. The molecule has 0 aromatic heterocycles. The molecule has 1 rings (SSSR count). The van der Waals surface area contributed by atoms with Crippen LogP contribution in [0.15, 0.2) is 5.16 Å². The molecule has 1 aliphatic heterocycles. The Kier molecular flexibility index (Phi) is 3.54. The van der Waals surface area contributed by atoms with Gasteiger partial charge in [-0.25, -0.2) is 0 Å². The molecule has 102 valence electrons. The molecule has 7 heteroatoms. The fraction of sp³-hybridized carbons (Fsp3) is 0.727. The largest absolute Gasteiger partial charge is 0.409 e. The highest BCUT2D eigenvalue weighted by Gasteiger charge is 2.46. The first-order chi connectivity index (χ1) is 8.15. The Bertz CT molecular complexity index is 401. The summed E-state index contributed by atoms with van der Waals surface area (Å²) in [6, 6.07) is 0. The van der Waals surface area contributed by atoms with Crippen LogP contribution in [0.5, 0.6) is 0 Å². The number of amidine groups is 1. The van der Waals surface area contributed by atoms with Gasteiger partial charge in [0.05, 0.1) is 0 Å². The lowest BCUT2D eigenvalue weighted by Crippen LogP contribution is -2.66. The lowest BCUT2D eigenvalue weighted by atomic mass is 9.87. The third-order valence-corrected chi connectivity index (χ3v) is 3.38. The molecule has 0 bridgehead atoms. The van der Waals surface area contributed by atoms with Gasteiger partial charge in [-0.2, -0.15) is 0 Å². The first kappa shape index (κ1) is 14.3. The average Bonchev–Trinajstić information content (AvgIpc) is 2.30. The van der Waals surface area contributed by atoms with E-state index in [2.05, 4.69) is 10.5 Å². The molecule has 0 aromatic carbocycles. The molecule has 0 aliphatic carbocycles. The number of piperazine rings is 1. The molecule has 1 saturated heterocycles. The van der Waals surface area contributed by atoms with Gasteiger partial charge < -0.3 is 21.2 Å². The first-order valence-electron chi connectivity index (χ1n) is 5.74. The second-order valence-corrected chi connectivity index (χ2v) is 5.38. The Morgan fingerprint density at radius 3 is 2.61 bits per heavy atom. The summed E-state index contributed by atoms with van der Waals surface area (Å²) in [6.07, 6.45) is 0. The predicted octanol–water partition coefficient (Wildman–Crippen LogP) is -0.504. The van der Waals surface area contributed by atoms with E-state index in [1.807, 2.05) is 0 Å². The van der Waals surface area contributed by atoms with Gasteiger partial charge >= 0.3 is 0 Å². The van der Waals surface area contributed by atoms with Crippen molar-refractivity contribution in [1.29, 1.82) is 0 Å². The van der Waals surface area contributed by atoms with Gasteiger partial charge in [0.2, 0.25) is 11.8 Å². The summed E-state index contributed by atoms with van der Waals surface area (Å²) in [5.74, 6) is -0.718. The fourth-order valence-corrected chi connectivity index (χ4v) is 1.83. The zero-order chi connectivity index (χ0) is 14.1. The minimum Gasteiger partial charge on any atom is -0.409 e. The van der Waals surface area contributed by atoms with Crippen molar-refractivity contribution in [2.75, 3.05) is 13.1 Å². The summed E-state index contributed by atoms with van der Waals surface area (Å²) < 4.78 is 0. The molecular formula is C11H20N4O3. The molecule has 0 saturated carbocycles. The van der Waals surface area contributed by atoms with E-state index in [-0.39, 0.29) is 17.6 Å². The van der Waals surface area contributed by atoms with Gasteiger partial charge in [0.25, 0.3) is 0 Å². The Labute approximate surface area is 106 Å². The number of oxime groups is 1. The molecule has 7 nitrogen and oxygen atoms in total. The Hall–Kier alpha value is -1.79. The number of nitrogens with zero attached hydrogens (tertiary/aromatic N) is 2. The predicted molar refractivity (Wildman–Crippen MR) is 66.0 cm³/mol. The standard InChI is InChI=1S/C11H20N4O3/c1-10(2,7(12)14-18)9(17)15-6-5-13-8(16)11(15,3)4/h18H,5-6H2,1-4H3,(H2,12,14)(H,13,16). The van der Waals surface area contributed by atoms with E-state index < -0.39 is 11.0 Å². The molecule has 1 aliphatic rings. The summed E-state index contributed by atoms with van der Waals surface area (Å²) in [5.41, 5.74) is 3.44. The molecule has 1 fully saturated rings. The number of carbonyl (C=O) groups excluding carboxylic acids is 2. The highest BCUT2D eigenvalue weighted by atomic mass is 16.4. The summed E-state index contributed by atoms with van der Waals surface area (Å²) in [4.78, 5) is 25.7. The molecule has 0 aromatic rings. The van der Waals surface area contributed by atoms with Gasteiger partial charge in [-0.3, -0.25) is 9.59 Å². The third-order valence-electron chi connectivity index (χ3n) is 3.38. The second-order valence-electron chi connectivity index (χ2n) is 5.38. The van der Waals surface area contributed by atoms with E-state index >= 15 is 0 Å². The van der Waals surface area contributed by atoms with E-state index in [0.29, 0.717) is 13.1 Å². The molecule has 18 heavy (non-hydrogen) atoms. The van der Waals surface area contributed by atoms with Gasteiger partial charge in [0.15, 0.2) is 5.84 Å². The van der Waals surface area contributed by atoms with Crippen LogP contribution in [0.4, 0.5) is 0 Å². The van der Waals surface area contributed by atoms with E-state index in [0.717, 1.165) is 0 Å². The van der Waals surface area contributed by atoms with Crippen molar-refractivity contribution in [3.63, 3.8) is 0 Å². The van der Waals surface area contributed by atoms with Crippen LogP contribution in [0, 0.1) is 5.41 Å². The highest BCUT2D eigenvalue weighted by molar-refractivity contribution is 6.07. The maximum atomic E-state index is 12.5. The van der Waals surface area contributed by atoms with E-state index in [9.17, 15) is 9.59 Å². The molecule has 2 amide bonds. The zero-order valence-electron chi connectivity index (χ0n) is 11.1. The smallest absolute Gasteiger partial charge is 0.245 e. The van der Waals surface area contributed by atoms with Gasteiger partial charge in [-0.05, 0) is 27.7 Å². The third kappa shape index (κ3) is 2.12. The van der Waals surface area contributed by atoms with Crippen LogP contribution in [0.1, 0.15) is 27.7 Å². The number of hydrogen-bond acceptors (Lipinski definition) is 4. The zero-order valence-corrected chi connectivity index (χ0v) is 11.1. The molecular weight excluding hydrogens is 236 g/mol.